The molecule has 0 aliphatic rings. The molecule has 0 saturated carbocycles. The van der Waals surface area contributed by atoms with E-state index < -0.39 is 5.37 Å². The number of halogens is 1. The average molecular weight is 225 g/mol. The summed E-state index contributed by atoms with van der Waals surface area (Å²) in [6.45, 7) is 2.18. The normalized spacial score (nSPS) is 10.5. The average Bonchev–Trinajstić information content (AvgIpc) is 2.53. The second kappa shape index (κ2) is 3.90. The van der Waals surface area contributed by atoms with Gasteiger partial charge in [-0.2, -0.15) is 0 Å². The number of amides is 1. The maximum atomic E-state index is 10.5. The summed E-state index contributed by atoms with van der Waals surface area (Å²) in [4.78, 5) is 14.7. The predicted molar refractivity (Wildman–Crippen MR) is 56.8 cm³/mol. The van der Waals surface area contributed by atoms with E-state index in [2.05, 4.69) is 10.3 Å². The highest BCUT2D eigenvalue weighted by Gasteiger charge is 2.03. The third kappa shape index (κ3) is 2.27. The van der Waals surface area contributed by atoms with Crippen molar-refractivity contribution in [2.24, 2.45) is 0 Å². The molecule has 0 saturated heterocycles. The monoisotopic (exact) mass is 224 g/mol. The van der Waals surface area contributed by atoms with Gasteiger partial charge in [0.15, 0.2) is 11.5 Å². The standard InChI is InChI=1S/C10H9ClN2O2/c1-6-13-8-3-2-7(4-9(8)15-6)5-12-10(11)14/h2-4H,5H2,1H3,(H,12,14). The summed E-state index contributed by atoms with van der Waals surface area (Å²) >= 11 is 5.16. The Kier molecular flexibility index (Phi) is 2.60. The molecule has 0 fully saturated rings. The van der Waals surface area contributed by atoms with Gasteiger partial charge in [-0.1, -0.05) is 6.07 Å². The van der Waals surface area contributed by atoms with E-state index in [-0.39, 0.29) is 0 Å². The molecule has 1 N–H and O–H groups in total. The molecule has 0 atom stereocenters. The van der Waals surface area contributed by atoms with Crippen LogP contribution in [-0.2, 0) is 6.54 Å². The molecule has 1 amide bonds. The van der Waals surface area contributed by atoms with Gasteiger partial charge in [0.05, 0.1) is 0 Å². The molecular formula is C10H9ClN2O2. The van der Waals surface area contributed by atoms with Gasteiger partial charge in [0.2, 0.25) is 0 Å². The fourth-order valence-corrected chi connectivity index (χ4v) is 1.43. The number of aromatic nitrogens is 1. The van der Waals surface area contributed by atoms with Crippen LogP contribution in [-0.4, -0.2) is 10.4 Å². The van der Waals surface area contributed by atoms with Crippen molar-refractivity contribution in [2.75, 3.05) is 0 Å². The fourth-order valence-electron chi connectivity index (χ4n) is 1.37. The van der Waals surface area contributed by atoms with Crippen molar-refractivity contribution < 1.29 is 9.21 Å². The molecule has 2 rings (SSSR count). The summed E-state index contributed by atoms with van der Waals surface area (Å²) in [7, 11) is 0. The van der Waals surface area contributed by atoms with Crippen molar-refractivity contribution in [3.05, 3.63) is 29.7 Å². The number of benzene rings is 1. The Morgan fingerprint density at radius 1 is 1.60 bits per heavy atom. The first kappa shape index (κ1) is 9.98. The van der Waals surface area contributed by atoms with Crippen LogP contribution in [0.25, 0.3) is 11.1 Å². The van der Waals surface area contributed by atoms with Gasteiger partial charge in [0, 0.05) is 13.5 Å². The van der Waals surface area contributed by atoms with Crippen molar-refractivity contribution in [3.63, 3.8) is 0 Å². The van der Waals surface area contributed by atoms with Gasteiger partial charge in [-0.05, 0) is 29.3 Å². The SMILES string of the molecule is Cc1nc2ccc(CNC(=O)Cl)cc2o1. The largest absolute Gasteiger partial charge is 0.441 e. The number of hydrogen-bond acceptors (Lipinski definition) is 3. The minimum atomic E-state index is -0.566. The lowest BCUT2D eigenvalue weighted by Gasteiger charge is -1.99. The molecule has 1 heterocycles. The molecule has 0 bridgehead atoms. The zero-order valence-electron chi connectivity index (χ0n) is 8.08. The number of fused-ring (bicyclic) bond motifs is 1. The van der Waals surface area contributed by atoms with E-state index in [1.165, 1.54) is 0 Å². The molecular weight excluding hydrogens is 216 g/mol. The van der Waals surface area contributed by atoms with Crippen molar-refractivity contribution in [3.8, 4) is 0 Å². The van der Waals surface area contributed by atoms with Gasteiger partial charge in [-0.3, -0.25) is 4.79 Å². The Morgan fingerprint density at radius 2 is 2.40 bits per heavy atom. The molecule has 0 aliphatic carbocycles. The maximum Gasteiger partial charge on any atom is 0.314 e. The van der Waals surface area contributed by atoms with Crippen LogP contribution in [0.5, 0.6) is 0 Å². The van der Waals surface area contributed by atoms with Crippen LogP contribution in [0.15, 0.2) is 22.6 Å². The summed E-state index contributed by atoms with van der Waals surface area (Å²) < 4.78 is 5.36. The Bertz CT molecular complexity index is 507. The number of carbonyl (C=O) groups is 1. The number of nitrogens with zero attached hydrogens (tertiary/aromatic N) is 1. The molecule has 0 aliphatic heterocycles. The van der Waals surface area contributed by atoms with Crippen LogP contribution < -0.4 is 5.32 Å². The van der Waals surface area contributed by atoms with E-state index >= 15 is 0 Å². The van der Waals surface area contributed by atoms with Crippen LogP contribution in [0.3, 0.4) is 0 Å². The number of oxazole rings is 1. The van der Waals surface area contributed by atoms with E-state index in [1.807, 2.05) is 18.2 Å². The number of carbonyl (C=O) groups excluding carboxylic acids is 1. The minimum absolute atomic E-state index is 0.387. The van der Waals surface area contributed by atoms with Gasteiger partial charge in [-0.25, -0.2) is 4.98 Å². The second-order valence-electron chi connectivity index (χ2n) is 3.16. The number of rotatable bonds is 2. The van der Waals surface area contributed by atoms with Gasteiger partial charge >= 0.3 is 5.37 Å². The highest BCUT2D eigenvalue weighted by Crippen LogP contribution is 2.16. The van der Waals surface area contributed by atoms with E-state index in [1.54, 1.807) is 6.92 Å². The quantitative estimate of drug-likeness (QED) is 0.630. The smallest absolute Gasteiger partial charge is 0.314 e. The first-order chi connectivity index (χ1) is 7.15. The summed E-state index contributed by atoms with van der Waals surface area (Å²) in [5.41, 5.74) is 2.45. The van der Waals surface area contributed by atoms with Gasteiger partial charge in [-0.15, -0.1) is 0 Å². The Labute approximate surface area is 91.2 Å². The molecule has 1 aromatic carbocycles. The molecule has 15 heavy (non-hydrogen) atoms. The van der Waals surface area contributed by atoms with Gasteiger partial charge in [0.25, 0.3) is 0 Å². The predicted octanol–water partition coefficient (Wildman–Crippen LogP) is 2.58. The Hall–Kier alpha value is -1.55. The topological polar surface area (TPSA) is 55.1 Å². The molecule has 4 nitrogen and oxygen atoms in total. The minimum Gasteiger partial charge on any atom is -0.441 e. The first-order valence-corrected chi connectivity index (χ1v) is 4.82. The highest BCUT2D eigenvalue weighted by molar-refractivity contribution is 6.62. The van der Waals surface area contributed by atoms with Crippen molar-refractivity contribution in [2.45, 2.75) is 13.5 Å². The Balaban J connectivity index is 2.26. The number of nitrogens with one attached hydrogen (secondary N) is 1. The summed E-state index contributed by atoms with van der Waals surface area (Å²) in [6.07, 6.45) is 0. The third-order valence-corrected chi connectivity index (χ3v) is 2.12. The van der Waals surface area contributed by atoms with Crippen LogP contribution >= 0.6 is 11.6 Å². The molecule has 78 valence electrons. The summed E-state index contributed by atoms with van der Waals surface area (Å²) in [5.74, 6) is 0.628. The lowest BCUT2D eigenvalue weighted by Crippen LogP contribution is -2.15. The van der Waals surface area contributed by atoms with Gasteiger partial charge in [0.1, 0.15) is 5.52 Å². The zero-order chi connectivity index (χ0) is 10.8. The lowest BCUT2D eigenvalue weighted by molar-refractivity contribution is 0.259. The molecule has 1 aromatic heterocycles. The summed E-state index contributed by atoms with van der Waals surface area (Å²) in [6, 6.07) is 5.56. The molecule has 5 heteroatoms. The van der Waals surface area contributed by atoms with E-state index in [9.17, 15) is 4.79 Å². The molecule has 0 spiro atoms. The Morgan fingerprint density at radius 3 is 3.13 bits per heavy atom. The van der Waals surface area contributed by atoms with Crippen molar-refractivity contribution in [1.29, 1.82) is 0 Å². The van der Waals surface area contributed by atoms with E-state index in [0.717, 1.165) is 11.1 Å². The second-order valence-corrected chi connectivity index (χ2v) is 3.51. The first-order valence-electron chi connectivity index (χ1n) is 4.44. The van der Waals surface area contributed by atoms with Crippen molar-refractivity contribution >= 4 is 28.1 Å². The zero-order valence-corrected chi connectivity index (χ0v) is 8.84. The molecule has 2 aromatic rings. The number of aryl methyl sites for hydroxylation is 1. The molecule has 0 radical (unpaired) electrons. The van der Waals surface area contributed by atoms with Crippen LogP contribution in [0, 0.1) is 6.92 Å². The van der Waals surface area contributed by atoms with Gasteiger partial charge < -0.3 is 9.73 Å². The summed E-state index contributed by atoms with van der Waals surface area (Å²) in [5, 5.41) is 1.93. The fraction of sp³-hybridized carbons (Fsp3) is 0.200. The number of hydrogen-bond donors (Lipinski definition) is 1. The van der Waals surface area contributed by atoms with Crippen molar-refractivity contribution in [1.82, 2.24) is 10.3 Å². The lowest BCUT2D eigenvalue weighted by atomic mass is 10.2. The van der Waals surface area contributed by atoms with Crippen LogP contribution in [0.2, 0.25) is 0 Å². The molecule has 0 unspecified atom stereocenters. The van der Waals surface area contributed by atoms with Crippen LogP contribution in [0.4, 0.5) is 4.79 Å². The van der Waals surface area contributed by atoms with Crippen LogP contribution in [0.1, 0.15) is 11.5 Å². The van der Waals surface area contributed by atoms with E-state index in [4.69, 9.17) is 16.0 Å². The van der Waals surface area contributed by atoms with E-state index in [0.29, 0.717) is 18.0 Å². The highest BCUT2D eigenvalue weighted by atomic mass is 35.5. The third-order valence-electron chi connectivity index (χ3n) is 1.99. The maximum absolute atomic E-state index is 10.5.